The van der Waals surface area contributed by atoms with Gasteiger partial charge in [-0.05, 0) is 37.0 Å². The number of aliphatic hydroxyl groups is 1. The van der Waals surface area contributed by atoms with E-state index in [-0.39, 0.29) is 11.2 Å². The van der Waals surface area contributed by atoms with Crippen LogP contribution in [0.3, 0.4) is 0 Å². The van der Waals surface area contributed by atoms with Crippen molar-refractivity contribution in [2.45, 2.75) is 45.1 Å². The molecule has 0 amide bonds. The molecule has 3 atom stereocenters. The normalized spacial score (nSPS) is 28.4. The van der Waals surface area contributed by atoms with Gasteiger partial charge in [0.1, 0.15) is 5.82 Å². The van der Waals surface area contributed by atoms with Gasteiger partial charge in [-0.2, -0.15) is 0 Å². The third-order valence-electron chi connectivity index (χ3n) is 4.80. The lowest BCUT2D eigenvalue weighted by Crippen LogP contribution is -2.41. The van der Waals surface area contributed by atoms with Crippen LogP contribution in [0.15, 0.2) is 22.7 Å². The summed E-state index contributed by atoms with van der Waals surface area (Å²) in [5, 5.41) is 10.8. The van der Waals surface area contributed by atoms with Crippen molar-refractivity contribution < 1.29 is 9.50 Å². The molecule has 112 valence electrons. The van der Waals surface area contributed by atoms with E-state index in [0.29, 0.717) is 18.0 Å². The van der Waals surface area contributed by atoms with E-state index in [2.05, 4.69) is 22.9 Å². The second-order valence-electron chi connectivity index (χ2n) is 6.01. The van der Waals surface area contributed by atoms with Crippen LogP contribution in [0.2, 0.25) is 0 Å². The van der Waals surface area contributed by atoms with Gasteiger partial charge in [0.2, 0.25) is 0 Å². The highest BCUT2D eigenvalue weighted by Gasteiger charge is 2.42. The highest BCUT2D eigenvalue weighted by Crippen LogP contribution is 2.48. The molecule has 0 bridgehead atoms. The zero-order chi connectivity index (χ0) is 14.8. The fourth-order valence-electron chi connectivity index (χ4n) is 3.47. The van der Waals surface area contributed by atoms with Crippen molar-refractivity contribution in [3.63, 3.8) is 0 Å². The maximum Gasteiger partial charge on any atom is 0.129 e. The molecule has 4 heteroatoms. The van der Waals surface area contributed by atoms with Crippen LogP contribution in [0.1, 0.15) is 50.7 Å². The van der Waals surface area contributed by atoms with Gasteiger partial charge in [0, 0.05) is 22.0 Å². The SMILES string of the molecule is CCC1CCCC(CN)(C(O)c2cc(Br)ccc2F)C1. The van der Waals surface area contributed by atoms with Crippen molar-refractivity contribution in [1.29, 1.82) is 0 Å². The molecule has 1 aromatic carbocycles. The number of hydrogen-bond acceptors (Lipinski definition) is 2. The van der Waals surface area contributed by atoms with Gasteiger partial charge in [0.15, 0.2) is 0 Å². The Balaban J connectivity index is 2.32. The summed E-state index contributed by atoms with van der Waals surface area (Å²) in [6, 6.07) is 4.72. The number of hydrogen-bond donors (Lipinski definition) is 2. The third-order valence-corrected chi connectivity index (χ3v) is 5.29. The fraction of sp³-hybridized carbons (Fsp3) is 0.625. The highest BCUT2D eigenvalue weighted by atomic mass is 79.9. The topological polar surface area (TPSA) is 46.2 Å². The van der Waals surface area contributed by atoms with Crippen molar-refractivity contribution in [1.82, 2.24) is 0 Å². The summed E-state index contributed by atoms with van der Waals surface area (Å²) in [5.41, 5.74) is 5.96. The first-order valence-corrected chi connectivity index (χ1v) is 8.15. The lowest BCUT2D eigenvalue weighted by Gasteiger charge is -2.43. The van der Waals surface area contributed by atoms with E-state index in [0.717, 1.165) is 30.2 Å². The van der Waals surface area contributed by atoms with Gasteiger partial charge in [0.25, 0.3) is 0 Å². The molecule has 0 aromatic heterocycles. The van der Waals surface area contributed by atoms with E-state index in [4.69, 9.17) is 5.73 Å². The molecule has 0 spiro atoms. The van der Waals surface area contributed by atoms with Crippen LogP contribution in [0, 0.1) is 17.2 Å². The van der Waals surface area contributed by atoms with Gasteiger partial charge in [-0.3, -0.25) is 0 Å². The Bertz CT molecular complexity index is 468. The second kappa shape index (κ2) is 6.54. The molecule has 0 saturated heterocycles. The molecular weight excluding hydrogens is 321 g/mol. The van der Waals surface area contributed by atoms with E-state index in [1.807, 2.05) is 0 Å². The molecule has 1 aliphatic rings. The number of benzene rings is 1. The summed E-state index contributed by atoms with van der Waals surface area (Å²) in [6.07, 6.45) is 4.25. The summed E-state index contributed by atoms with van der Waals surface area (Å²) in [4.78, 5) is 0. The Morgan fingerprint density at radius 2 is 2.30 bits per heavy atom. The lowest BCUT2D eigenvalue weighted by molar-refractivity contribution is -0.0181. The van der Waals surface area contributed by atoms with E-state index >= 15 is 0 Å². The predicted octanol–water partition coefficient (Wildman–Crippen LogP) is 4.17. The van der Waals surface area contributed by atoms with Gasteiger partial charge in [-0.25, -0.2) is 4.39 Å². The standard InChI is InChI=1S/C16H23BrFNO/c1-2-11-4-3-7-16(9-11,10-19)15(20)13-8-12(17)5-6-14(13)18/h5-6,8,11,15,20H,2-4,7,9-10,19H2,1H3. The highest BCUT2D eigenvalue weighted by molar-refractivity contribution is 9.10. The number of nitrogens with two attached hydrogens (primary N) is 1. The maximum atomic E-state index is 14.0. The molecule has 1 aliphatic carbocycles. The molecule has 3 N–H and O–H groups in total. The maximum absolute atomic E-state index is 14.0. The molecule has 1 fully saturated rings. The largest absolute Gasteiger partial charge is 0.388 e. The quantitative estimate of drug-likeness (QED) is 0.861. The fourth-order valence-corrected chi connectivity index (χ4v) is 3.85. The smallest absolute Gasteiger partial charge is 0.129 e. The monoisotopic (exact) mass is 343 g/mol. The lowest BCUT2D eigenvalue weighted by atomic mass is 9.64. The Kier molecular flexibility index (Phi) is 5.21. The van der Waals surface area contributed by atoms with Crippen LogP contribution in [-0.2, 0) is 0 Å². The zero-order valence-corrected chi connectivity index (χ0v) is 13.5. The third kappa shape index (κ3) is 3.07. The van der Waals surface area contributed by atoms with Crippen LogP contribution >= 0.6 is 15.9 Å². The molecule has 0 radical (unpaired) electrons. The number of halogens is 2. The number of aliphatic hydroxyl groups excluding tert-OH is 1. The van der Waals surface area contributed by atoms with Crippen molar-refractivity contribution in [2.24, 2.45) is 17.1 Å². The average Bonchev–Trinajstić information content (AvgIpc) is 2.48. The Morgan fingerprint density at radius 1 is 1.55 bits per heavy atom. The van der Waals surface area contributed by atoms with E-state index in [1.165, 1.54) is 12.5 Å². The Hall–Kier alpha value is -0.450. The van der Waals surface area contributed by atoms with Crippen LogP contribution in [0.4, 0.5) is 4.39 Å². The van der Waals surface area contributed by atoms with Gasteiger partial charge in [-0.15, -0.1) is 0 Å². The number of rotatable bonds is 4. The Labute approximate surface area is 128 Å². The first-order chi connectivity index (χ1) is 9.52. The zero-order valence-electron chi connectivity index (χ0n) is 11.9. The van der Waals surface area contributed by atoms with Gasteiger partial charge >= 0.3 is 0 Å². The van der Waals surface area contributed by atoms with Crippen molar-refractivity contribution >= 4 is 15.9 Å². The van der Waals surface area contributed by atoms with Crippen LogP contribution in [-0.4, -0.2) is 11.7 Å². The van der Waals surface area contributed by atoms with Crippen molar-refractivity contribution in [3.05, 3.63) is 34.1 Å². The molecule has 3 unspecified atom stereocenters. The molecule has 1 saturated carbocycles. The molecule has 2 rings (SSSR count). The molecule has 0 aliphatic heterocycles. The van der Waals surface area contributed by atoms with Gasteiger partial charge in [0.05, 0.1) is 6.10 Å². The molecule has 20 heavy (non-hydrogen) atoms. The predicted molar refractivity (Wildman–Crippen MR) is 82.8 cm³/mol. The first kappa shape index (κ1) is 15.9. The van der Waals surface area contributed by atoms with Crippen molar-refractivity contribution in [2.75, 3.05) is 6.54 Å². The van der Waals surface area contributed by atoms with Crippen LogP contribution < -0.4 is 5.73 Å². The van der Waals surface area contributed by atoms with Gasteiger partial charge < -0.3 is 10.8 Å². The summed E-state index contributed by atoms with van der Waals surface area (Å²) < 4.78 is 14.8. The van der Waals surface area contributed by atoms with E-state index in [9.17, 15) is 9.50 Å². The molecule has 1 aromatic rings. The first-order valence-electron chi connectivity index (χ1n) is 7.35. The van der Waals surface area contributed by atoms with Gasteiger partial charge in [-0.1, -0.05) is 42.1 Å². The summed E-state index contributed by atoms with van der Waals surface area (Å²) in [7, 11) is 0. The minimum atomic E-state index is -0.834. The molecule has 2 nitrogen and oxygen atoms in total. The van der Waals surface area contributed by atoms with E-state index < -0.39 is 6.10 Å². The molecule has 0 heterocycles. The van der Waals surface area contributed by atoms with Crippen LogP contribution in [0.5, 0.6) is 0 Å². The minimum absolute atomic E-state index is 0.354. The summed E-state index contributed by atoms with van der Waals surface area (Å²) in [6.45, 7) is 2.57. The summed E-state index contributed by atoms with van der Waals surface area (Å²) in [5.74, 6) is 0.226. The summed E-state index contributed by atoms with van der Waals surface area (Å²) >= 11 is 3.34. The molecular formula is C16H23BrFNO. The Morgan fingerprint density at radius 3 is 2.95 bits per heavy atom. The minimum Gasteiger partial charge on any atom is -0.388 e. The second-order valence-corrected chi connectivity index (χ2v) is 6.92. The van der Waals surface area contributed by atoms with E-state index in [1.54, 1.807) is 12.1 Å². The van der Waals surface area contributed by atoms with Crippen LogP contribution in [0.25, 0.3) is 0 Å². The average molecular weight is 344 g/mol. The van der Waals surface area contributed by atoms with Crippen molar-refractivity contribution in [3.8, 4) is 0 Å².